The molecule has 1 aliphatic heterocycles. The molecule has 0 saturated carbocycles. The molecule has 2 heteroatoms. The lowest BCUT2D eigenvalue weighted by molar-refractivity contribution is 0.356. The molecule has 1 rings (SSSR count). The Hall–Kier alpha value is 0.180. The van der Waals surface area contributed by atoms with Gasteiger partial charge in [-0.2, -0.15) is 0 Å². The molecule has 0 amide bonds. The number of hydrogen-bond donors (Lipinski definition) is 0. The van der Waals surface area contributed by atoms with Crippen LogP contribution in [0.5, 0.6) is 0 Å². The van der Waals surface area contributed by atoms with Gasteiger partial charge in [-0.25, -0.2) is 0 Å². The monoisotopic (exact) mass is 189 g/mol. The molecule has 1 heterocycles. The van der Waals surface area contributed by atoms with E-state index in [0.29, 0.717) is 0 Å². The van der Waals surface area contributed by atoms with Crippen molar-refractivity contribution in [3.8, 4) is 0 Å². The van der Waals surface area contributed by atoms with Crippen LogP contribution >= 0.6 is 15.9 Å². The third kappa shape index (κ3) is 2.11. The maximum atomic E-state index is 3.44. The normalized spacial score (nSPS) is 21.8. The van der Waals surface area contributed by atoms with Gasteiger partial charge in [0.15, 0.2) is 0 Å². The minimum absolute atomic E-state index is 1.04. The summed E-state index contributed by atoms with van der Waals surface area (Å²) < 4.78 is 0. The van der Waals surface area contributed by atoms with Gasteiger partial charge in [0.2, 0.25) is 0 Å². The lowest BCUT2D eigenvalue weighted by atomic mass is 10.1. The molecule has 0 unspecified atom stereocenters. The van der Waals surface area contributed by atoms with Crippen molar-refractivity contribution in [3.05, 3.63) is 11.6 Å². The molecule has 0 radical (unpaired) electrons. The smallest absolute Gasteiger partial charge is 0.0254 e. The zero-order valence-corrected chi connectivity index (χ0v) is 7.32. The first-order valence-corrected chi connectivity index (χ1v) is 4.37. The molecular weight excluding hydrogens is 178 g/mol. The van der Waals surface area contributed by atoms with Gasteiger partial charge >= 0.3 is 0 Å². The predicted octanol–water partition coefficient (Wildman–Crippen LogP) is 1.64. The van der Waals surface area contributed by atoms with Gasteiger partial charge in [0.1, 0.15) is 0 Å². The van der Waals surface area contributed by atoms with Gasteiger partial charge in [-0.15, -0.1) is 0 Å². The molecule has 0 aliphatic carbocycles. The summed E-state index contributed by atoms with van der Waals surface area (Å²) in [5.41, 5.74) is 1.52. The highest BCUT2D eigenvalue weighted by molar-refractivity contribution is 9.09. The highest BCUT2D eigenvalue weighted by Crippen LogP contribution is 2.08. The predicted molar refractivity (Wildman–Crippen MR) is 44.0 cm³/mol. The van der Waals surface area contributed by atoms with E-state index in [1.54, 1.807) is 0 Å². The van der Waals surface area contributed by atoms with Gasteiger partial charge in [-0.1, -0.05) is 22.0 Å². The topological polar surface area (TPSA) is 3.24 Å². The van der Waals surface area contributed by atoms with E-state index in [1.165, 1.54) is 18.5 Å². The first-order chi connectivity index (χ1) is 4.33. The second-order valence-electron chi connectivity index (χ2n) is 2.52. The molecule has 52 valence electrons. The molecule has 0 atom stereocenters. The quantitative estimate of drug-likeness (QED) is 0.448. The number of nitrogens with zero attached hydrogens (tertiary/aromatic N) is 1. The third-order valence-electron chi connectivity index (χ3n) is 1.59. The number of hydrogen-bond acceptors (Lipinski definition) is 1. The average molecular weight is 190 g/mol. The Morgan fingerprint density at radius 3 is 3.00 bits per heavy atom. The van der Waals surface area contributed by atoms with Gasteiger partial charge in [0.05, 0.1) is 0 Å². The molecule has 1 aliphatic rings. The molecule has 0 aromatic rings. The molecule has 0 saturated heterocycles. The number of alkyl halides is 1. The van der Waals surface area contributed by atoms with Gasteiger partial charge in [0, 0.05) is 18.4 Å². The van der Waals surface area contributed by atoms with E-state index in [0.717, 1.165) is 11.9 Å². The van der Waals surface area contributed by atoms with Crippen molar-refractivity contribution in [2.45, 2.75) is 6.42 Å². The third-order valence-corrected chi connectivity index (χ3v) is 2.31. The van der Waals surface area contributed by atoms with Crippen LogP contribution in [0.1, 0.15) is 6.42 Å². The van der Waals surface area contributed by atoms with E-state index in [-0.39, 0.29) is 0 Å². The summed E-state index contributed by atoms with van der Waals surface area (Å²) in [6, 6.07) is 0. The van der Waals surface area contributed by atoms with E-state index in [1.807, 2.05) is 0 Å². The van der Waals surface area contributed by atoms with Crippen LogP contribution in [0.3, 0.4) is 0 Å². The van der Waals surface area contributed by atoms with Crippen molar-refractivity contribution >= 4 is 15.9 Å². The summed E-state index contributed by atoms with van der Waals surface area (Å²) in [7, 11) is 2.16. The summed E-state index contributed by atoms with van der Waals surface area (Å²) in [4.78, 5) is 2.34. The van der Waals surface area contributed by atoms with E-state index in [9.17, 15) is 0 Å². The van der Waals surface area contributed by atoms with Crippen molar-refractivity contribution < 1.29 is 0 Å². The molecular formula is C7H12BrN. The summed E-state index contributed by atoms with van der Waals surface area (Å²) in [5, 5.41) is 1.04. The first-order valence-electron chi connectivity index (χ1n) is 3.25. The van der Waals surface area contributed by atoms with Crippen LogP contribution in [0, 0.1) is 0 Å². The zero-order chi connectivity index (χ0) is 6.69. The van der Waals surface area contributed by atoms with Gasteiger partial charge in [0.25, 0.3) is 0 Å². The molecule has 0 spiro atoms. The maximum absolute atomic E-state index is 3.44. The fourth-order valence-corrected chi connectivity index (χ4v) is 1.48. The van der Waals surface area contributed by atoms with Crippen molar-refractivity contribution in [1.29, 1.82) is 0 Å². The van der Waals surface area contributed by atoms with Crippen molar-refractivity contribution in [1.82, 2.24) is 4.90 Å². The van der Waals surface area contributed by atoms with Gasteiger partial charge in [-0.05, 0) is 19.0 Å². The Bertz CT molecular complexity index is 120. The summed E-state index contributed by atoms with van der Waals surface area (Å²) in [6.45, 7) is 2.36. The second-order valence-corrected chi connectivity index (χ2v) is 3.08. The zero-order valence-electron chi connectivity index (χ0n) is 5.73. The average Bonchev–Trinajstić information content (AvgIpc) is 1.88. The summed E-state index contributed by atoms with van der Waals surface area (Å²) >= 11 is 3.44. The molecule has 0 bridgehead atoms. The van der Waals surface area contributed by atoms with Crippen LogP contribution in [0.2, 0.25) is 0 Å². The molecule has 0 aromatic carbocycles. The Kier molecular flexibility index (Phi) is 2.73. The first kappa shape index (κ1) is 7.29. The van der Waals surface area contributed by atoms with Crippen LogP contribution in [-0.4, -0.2) is 30.4 Å². The van der Waals surface area contributed by atoms with Gasteiger partial charge < -0.3 is 4.90 Å². The minimum atomic E-state index is 1.04. The second kappa shape index (κ2) is 3.37. The van der Waals surface area contributed by atoms with Crippen LogP contribution in [0.25, 0.3) is 0 Å². The molecule has 0 aromatic heterocycles. The highest BCUT2D eigenvalue weighted by atomic mass is 79.9. The minimum Gasteiger partial charge on any atom is -0.302 e. The van der Waals surface area contributed by atoms with Crippen LogP contribution in [0.4, 0.5) is 0 Å². The van der Waals surface area contributed by atoms with E-state index in [2.05, 4.69) is 34.0 Å². The van der Waals surface area contributed by atoms with E-state index < -0.39 is 0 Å². The fraction of sp³-hybridized carbons (Fsp3) is 0.714. The largest absolute Gasteiger partial charge is 0.302 e. The van der Waals surface area contributed by atoms with Crippen LogP contribution < -0.4 is 0 Å². The lowest BCUT2D eigenvalue weighted by Crippen LogP contribution is -2.25. The van der Waals surface area contributed by atoms with Gasteiger partial charge in [-0.3, -0.25) is 0 Å². The Morgan fingerprint density at radius 1 is 1.78 bits per heavy atom. The molecule has 0 N–H and O–H groups in total. The SMILES string of the molecule is CN1CCC=C(CBr)C1. The summed E-state index contributed by atoms with van der Waals surface area (Å²) in [5.74, 6) is 0. The standard InChI is InChI=1S/C7H12BrN/c1-9-4-2-3-7(5-8)6-9/h3H,2,4-6H2,1H3. The van der Waals surface area contributed by atoms with Crippen molar-refractivity contribution in [2.24, 2.45) is 0 Å². The van der Waals surface area contributed by atoms with Crippen LogP contribution in [0.15, 0.2) is 11.6 Å². The molecule has 1 nitrogen and oxygen atoms in total. The van der Waals surface area contributed by atoms with E-state index in [4.69, 9.17) is 0 Å². The number of halogens is 1. The van der Waals surface area contributed by atoms with Crippen LogP contribution in [-0.2, 0) is 0 Å². The highest BCUT2D eigenvalue weighted by Gasteiger charge is 2.05. The molecule has 0 fully saturated rings. The maximum Gasteiger partial charge on any atom is 0.0254 e. The van der Waals surface area contributed by atoms with Crippen molar-refractivity contribution in [2.75, 3.05) is 25.5 Å². The number of likely N-dealkylation sites (N-methyl/N-ethyl adjacent to an activating group) is 1. The Balaban J connectivity index is 2.43. The Morgan fingerprint density at radius 2 is 2.56 bits per heavy atom. The molecule has 9 heavy (non-hydrogen) atoms. The van der Waals surface area contributed by atoms with E-state index >= 15 is 0 Å². The number of rotatable bonds is 1. The Labute approximate surface area is 64.9 Å². The lowest BCUT2D eigenvalue weighted by Gasteiger charge is -2.21. The fourth-order valence-electron chi connectivity index (χ4n) is 1.08. The van der Waals surface area contributed by atoms with Crippen molar-refractivity contribution in [3.63, 3.8) is 0 Å². The summed E-state index contributed by atoms with van der Waals surface area (Å²) in [6.07, 6.45) is 3.55.